The highest BCUT2D eigenvalue weighted by Crippen LogP contribution is 2.19. The van der Waals surface area contributed by atoms with Crippen LogP contribution in [0.4, 0.5) is 5.82 Å². The second-order valence-electron chi connectivity index (χ2n) is 3.71. The second kappa shape index (κ2) is 5.35. The fourth-order valence-electron chi connectivity index (χ4n) is 1.54. The first-order valence-corrected chi connectivity index (χ1v) is 5.67. The van der Waals surface area contributed by atoms with Gasteiger partial charge in [-0.25, -0.2) is 0 Å². The van der Waals surface area contributed by atoms with Gasteiger partial charge in [-0.2, -0.15) is 0 Å². The lowest BCUT2D eigenvalue weighted by Gasteiger charge is -2.08. The summed E-state index contributed by atoms with van der Waals surface area (Å²) in [6, 6.07) is 8.72. The van der Waals surface area contributed by atoms with Gasteiger partial charge in [0.25, 0.3) is 5.91 Å². The summed E-state index contributed by atoms with van der Waals surface area (Å²) in [7, 11) is 0. The van der Waals surface area contributed by atoms with Crippen LogP contribution < -0.4 is 10.1 Å². The minimum Gasteiger partial charge on any atom is -0.493 e. The minimum atomic E-state index is -0.271. The molecular formula is C13H14N2O3. The predicted octanol–water partition coefficient (Wildman–Crippen LogP) is 2.63. The van der Waals surface area contributed by atoms with Crippen LogP contribution in [-0.4, -0.2) is 17.7 Å². The number of rotatable bonds is 4. The van der Waals surface area contributed by atoms with Crippen LogP contribution in [0, 0.1) is 6.92 Å². The summed E-state index contributed by atoms with van der Waals surface area (Å²) in [6.45, 7) is 4.14. The summed E-state index contributed by atoms with van der Waals surface area (Å²) in [5.41, 5.74) is 0.472. The number of carbonyl (C=O) groups is 1. The Labute approximate surface area is 105 Å². The largest absolute Gasteiger partial charge is 0.493 e. The third-order valence-corrected chi connectivity index (χ3v) is 2.30. The van der Waals surface area contributed by atoms with Crippen molar-refractivity contribution in [1.29, 1.82) is 0 Å². The van der Waals surface area contributed by atoms with E-state index in [9.17, 15) is 4.79 Å². The highest BCUT2D eigenvalue weighted by molar-refractivity contribution is 6.05. The Morgan fingerprint density at radius 3 is 2.89 bits per heavy atom. The van der Waals surface area contributed by atoms with Gasteiger partial charge in [-0.1, -0.05) is 17.3 Å². The number of anilines is 1. The van der Waals surface area contributed by atoms with Crippen molar-refractivity contribution in [1.82, 2.24) is 5.16 Å². The van der Waals surface area contributed by atoms with Crippen molar-refractivity contribution in [3.8, 4) is 5.75 Å². The summed E-state index contributed by atoms with van der Waals surface area (Å²) >= 11 is 0. The zero-order valence-corrected chi connectivity index (χ0v) is 10.3. The van der Waals surface area contributed by atoms with Gasteiger partial charge in [-0.15, -0.1) is 0 Å². The lowest BCUT2D eigenvalue weighted by molar-refractivity contribution is 0.102. The van der Waals surface area contributed by atoms with Gasteiger partial charge in [0.1, 0.15) is 11.5 Å². The summed E-state index contributed by atoms with van der Waals surface area (Å²) in [5, 5.41) is 6.36. The van der Waals surface area contributed by atoms with E-state index in [0.717, 1.165) is 0 Å². The molecule has 0 aliphatic carbocycles. The van der Waals surface area contributed by atoms with Gasteiger partial charge in [0.15, 0.2) is 5.82 Å². The average molecular weight is 246 g/mol. The molecule has 94 valence electrons. The number of amides is 1. The molecule has 0 spiro atoms. The minimum absolute atomic E-state index is 0.271. The van der Waals surface area contributed by atoms with Crippen molar-refractivity contribution < 1.29 is 14.1 Å². The number of ether oxygens (including phenoxy) is 1. The molecular weight excluding hydrogens is 232 g/mol. The van der Waals surface area contributed by atoms with Gasteiger partial charge in [0.2, 0.25) is 0 Å². The van der Waals surface area contributed by atoms with Crippen LogP contribution in [0.2, 0.25) is 0 Å². The Morgan fingerprint density at radius 2 is 2.22 bits per heavy atom. The zero-order chi connectivity index (χ0) is 13.0. The molecule has 0 aliphatic rings. The molecule has 0 aliphatic heterocycles. The Hall–Kier alpha value is -2.30. The first-order chi connectivity index (χ1) is 8.70. The van der Waals surface area contributed by atoms with E-state index in [1.54, 1.807) is 31.2 Å². The van der Waals surface area contributed by atoms with Gasteiger partial charge in [-0.05, 0) is 26.0 Å². The smallest absolute Gasteiger partial charge is 0.260 e. The van der Waals surface area contributed by atoms with Crippen molar-refractivity contribution in [2.75, 3.05) is 11.9 Å². The fourth-order valence-corrected chi connectivity index (χ4v) is 1.54. The van der Waals surface area contributed by atoms with Crippen LogP contribution in [0.5, 0.6) is 5.75 Å². The number of aryl methyl sites for hydroxylation is 1. The number of carbonyl (C=O) groups excluding carboxylic acids is 1. The van der Waals surface area contributed by atoms with Crippen molar-refractivity contribution in [3.05, 3.63) is 41.7 Å². The van der Waals surface area contributed by atoms with E-state index in [1.807, 2.05) is 13.0 Å². The van der Waals surface area contributed by atoms with Crippen LogP contribution in [0.25, 0.3) is 0 Å². The van der Waals surface area contributed by atoms with Gasteiger partial charge in [0, 0.05) is 6.07 Å². The van der Waals surface area contributed by atoms with Gasteiger partial charge in [-0.3, -0.25) is 4.79 Å². The molecule has 0 radical (unpaired) electrons. The molecule has 5 heteroatoms. The molecule has 0 bridgehead atoms. The maximum atomic E-state index is 12.0. The molecule has 0 saturated heterocycles. The number of hydrogen-bond donors (Lipinski definition) is 1. The summed E-state index contributed by atoms with van der Waals surface area (Å²) < 4.78 is 10.3. The van der Waals surface area contributed by atoms with E-state index in [4.69, 9.17) is 9.26 Å². The number of para-hydroxylation sites is 1. The molecule has 1 aromatic heterocycles. The summed E-state index contributed by atoms with van der Waals surface area (Å²) in [4.78, 5) is 12.0. The average Bonchev–Trinajstić information content (AvgIpc) is 2.76. The van der Waals surface area contributed by atoms with Crippen molar-refractivity contribution >= 4 is 11.7 Å². The molecule has 1 heterocycles. The lowest BCUT2D eigenvalue weighted by Crippen LogP contribution is -2.13. The Balaban J connectivity index is 2.18. The Morgan fingerprint density at radius 1 is 1.44 bits per heavy atom. The van der Waals surface area contributed by atoms with Crippen LogP contribution in [0.15, 0.2) is 34.9 Å². The van der Waals surface area contributed by atoms with Crippen LogP contribution in [0.3, 0.4) is 0 Å². The summed E-state index contributed by atoms with van der Waals surface area (Å²) in [6.07, 6.45) is 0. The van der Waals surface area contributed by atoms with Crippen LogP contribution in [-0.2, 0) is 0 Å². The zero-order valence-electron chi connectivity index (χ0n) is 10.3. The van der Waals surface area contributed by atoms with E-state index >= 15 is 0 Å². The quantitative estimate of drug-likeness (QED) is 0.900. The van der Waals surface area contributed by atoms with Crippen molar-refractivity contribution in [2.45, 2.75) is 13.8 Å². The molecule has 1 amide bonds. The standard InChI is InChI=1S/C13H14N2O3/c1-3-17-11-7-5-4-6-10(11)13(16)14-12-8-9(2)18-15-12/h4-8H,3H2,1-2H3,(H,14,15,16). The number of aromatic nitrogens is 1. The Kier molecular flexibility index (Phi) is 3.62. The van der Waals surface area contributed by atoms with Crippen molar-refractivity contribution in [2.24, 2.45) is 0 Å². The van der Waals surface area contributed by atoms with Crippen molar-refractivity contribution in [3.63, 3.8) is 0 Å². The van der Waals surface area contributed by atoms with Crippen LogP contribution >= 0.6 is 0 Å². The lowest BCUT2D eigenvalue weighted by atomic mass is 10.2. The summed E-state index contributed by atoms with van der Waals surface area (Å²) in [5.74, 6) is 1.32. The SMILES string of the molecule is CCOc1ccccc1C(=O)Nc1cc(C)on1. The highest BCUT2D eigenvalue weighted by Gasteiger charge is 2.13. The maximum absolute atomic E-state index is 12.0. The van der Waals surface area contributed by atoms with E-state index in [-0.39, 0.29) is 5.91 Å². The molecule has 0 fully saturated rings. The fraction of sp³-hybridized carbons (Fsp3) is 0.231. The topological polar surface area (TPSA) is 64.4 Å². The second-order valence-corrected chi connectivity index (χ2v) is 3.71. The molecule has 0 atom stereocenters. The van der Waals surface area contributed by atoms with Gasteiger partial charge < -0.3 is 14.6 Å². The van der Waals surface area contributed by atoms with E-state index in [1.165, 1.54) is 0 Å². The number of hydrogen-bond acceptors (Lipinski definition) is 4. The number of nitrogens with one attached hydrogen (secondary N) is 1. The normalized spacial score (nSPS) is 10.1. The first-order valence-electron chi connectivity index (χ1n) is 5.67. The molecule has 0 saturated carbocycles. The van der Waals surface area contributed by atoms with Gasteiger partial charge >= 0.3 is 0 Å². The third-order valence-electron chi connectivity index (χ3n) is 2.30. The molecule has 5 nitrogen and oxygen atoms in total. The molecule has 18 heavy (non-hydrogen) atoms. The van der Waals surface area contributed by atoms with Gasteiger partial charge in [0.05, 0.1) is 12.2 Å². The molecule has 2 aromatic rings. The van der Waals surface area contributed by atoms with E-state index in [0.29, 0.717) is 29.5 Å². The Bertz CT molecular complexity index is 549. The van der Waals surface area contributed by atoms with E-state index < -0.39 is 0 Å². The van der Waals surface area contributed by atoms with Crippen LogP contribution in [0.1, 0.15) is 23.0 Å². The molecule has 1 N–H and O–H groups in total. The number of nitrogens with zero attached hydrogens (tertiary/aromatic N) is 1. The first kappa shape index (κ1) is 12.2. The van der Waals surface area contributed by atoms with E-state index in [2.05, 4.69) is 10.5 Å². The monoisotopic (exact) mass is 246 g/mol. The predicted molar refractivity (Wildman–Crippen MR) is 66.8 cm³/mol. The third kappa shape index (κ3) is 2.68. The number of benzene rings is 1. The molecule has 0 unspecified atom stereocenters. The highest BCUT2D eigenvalue weighted by atomic mass is 16.5. The maximum Gasteiger partial charge on any atom is 0.260 e. The molecule has 2 rings (SSSR count). The molecule has 1 aromatic carbocycles.